The van der Waals surface area contributed by atoms with Gasteiger partial charge in [0.25, 0.3) is 5.91 Å². The van der Waals surface area contributed by atoms with Gasteiger partial charge in [0, 0.05) is 10.0 Å². The number of amides is 1. The van der Waals surface area contributed by atoms with Crippen molar-refractivity contribution in [3.8, 4) is 11.5 Å². The molecule has 0 saturated carbocycles. The molecule has 0 atom stereocenters. The average Bonchev–Trinajstić information content (AvgIpc) is 2.90. The molecule has 1 fully saturated rings. The number of carbonyl (C=O) groups excluding carboxylic acids is 1. The summed E-state index contributed by atoms with van der Waals surface area (Å²) in [5, 5.41) is 0. The van der Waals surface area contributed by atoms with Crippen molar-refractivity contribution in [3.63, 3.8) is 0 Å². The smallest absolute Gasteiger partial charge is 0.270 e. The van der Waals surface area contributed by atoms with Gasteiger partial charge in [-0.25, -0.2) is 0 Å². The van der Waals surface area contributed by atoms with Crippen LogP contribution in [0, 0.1) is 0 Å². The minimum absolute atomic E-state index is 0.147. The Morgan fingerprint density at radius 3 is 2.62 bits per heavy atom. The summed E-state index contributed by atoms with van der Waals surface area (Å²) >= 11 is 10.1. The molecule has 7 heteroatoms. The molecule has 3 rings (SSSR count). The summed E-state index contributed by atoms with van der Waals surface area (Å²) < 4.78 is 12.2. The van der Waals surface area contributed by atoms with Crippen LogP contribution >= 0.6 is 39.9 Å². The number of methoxy groups -OCH3 is 1. The van der Waals surface area contributed by atoms with Gasteiger partial charge in [0.15, 0.2) is 4.32 Å². The van der Waals surface area contributed by atoms with E-state index in [4.69, 9.17) is 21.7 Å². The first-order chi connectivity index (χ1) is 12.5. The van der Waals surface area contributed by atoms with Crippen molar-refractivity contribution in [1.82, 2.24) is 0 Å². The van der Waals surface area contributed by atoms with Crippen LogP contribution in [0.4, 0.5) is 5.69 Å². The number of nitrogens with zero attached hydrogens (tertiary/aromatic N) is 1. The lowest BCUT2D eigenvalue weighted by atomic mass is 10.2. The first kappa shape index (κ1) is 18.9. The number of thioether (sulfide) groups is 1. The fourth-order valence-electron chi connectivity index (χ4n) is 2.51. The third kappa shape index (κ3) is 3.95. The second-order valence-electron chi connectivity index (χ2n) is 5.33. The second-order valence-corrected chi connectivity index (χ2v) is 7.92. The van der Waals surface area contributed by atoms with Crippen molar-refractivity contribution >= 4 is 61.9 Å². The van der Waals surface area contributed by atoms with E-state index in [-0.39, 0.29) is 5.91 Å². The molecule has 0 aromatic heterocycles. The van der Waals surface area contributed by atoms with Gasteiger partial charge in [0.1, 0.15) is 11.5 Å². The van der Waals surface area contributed by atoms with Crippen molar-refractivity contribution < 1.29 is 14.3 Å². The lowest BCUT2D eigenvalue weighted by Gasteiger charge is -2.15. The van der Waals surface area contributed by atoms with E-state index in [0.29, 0.717) is 21.6 Å². The van der Waals surface area contributed by atoms with Crippen LogP contribution in [0.1, 0.15) is 12.5 Å². The number of anilines is 1. The van der Waals surface area contributed by atoms with E-state index < -0.39 is 0 Å². The van der Waals surface area contributed by atoms with E-state index in [1.807, 2.05) is 49.4 Å². The molecule has 2 aromatic rings. The zero-order valence-electron chi connectivity index (χ0n) is 14.2. The molecule has 1 saturated heterocycles. The maximum Gasteiger partial charge on any atom is 0.270 e. The van der Waals surface area contributed by atoms with Gasteiger partial charge in [0.2, 0.25) is 0 Å². The number of hydrogen-bond donors (Lipinski definition) is 0. The Labute approximate surface area is 170 Å². The van der Waals surface area contributed by atoms with Crippen molar-refractivity contribution in [3.05, 3.63) is 57.4 Å². The molecule has 0 N–H and O–H groups in total. The molecular formula is C19H16BrNO3S2. The van der Waals surface area contributed by atoms with Crippen LogP contribution in [0.25, 0.3) is 6.08 Å². The molecule has 0 radical (unpaired) electrons. The van der Waals surface area contributed by atoms with E-state index >= 15 is 0 Å². The fourth-order valence-corrected chi connectivity index (χ4v) is 4.18. The highest BCUT2D eigenvalue weighted by atomic mass is 79.9. The Balaban J connectivity index is 1.90. The predicted molar refractivity (Wildman–Crippen MR) is 114 cm³/mol. The lowest BCUT2D eigenvalue weighted by molar-refractivity contribution is -0.113. The fraction of sp³-hybridized carbons (Fsp3) is 0.158. The van der Waals surface area contributed by atoms with Crippen LogP contribution in [0.2, 0.25) is 0 Å². The highest BCUT2D eigenvalue weighted by Gasteiger charge is 2.33. The predicted octanol–water partition coefficient (Wildman–Crippen LogP) is 5.26. The third-order valence-corrected chi connectivity index (χ3v) is 5.47. The van der Waals surface area contributed by atoms with Crippen molar-refractivity contribution in [1.29, 1.82) is 0 Å². The third-order valence-electron chi connectivity index (χ3n) is 3.68. The summed E-state index contributed by atoms with van der Waals surface area (Å²) in [6.45, 7) is 2.52. The molecule has 0 aliphatic carbocycles. The molecule has 1 aliphatic heterocycles. The van der Waals surface area contributed by atoms with Crippen LogP contribution in [-0.2, 0) is 4.79 Å². The zero-order valence-corrected chi connectivity index (χ0v) is 17.4. The minimum atomic E-state index is -0.147. The number of ether oxygens (including phenoxy) is 2. The summed E-state index contributed by atoms with van der Waals surface area (Å²) in [7, 11) is 1.60. The van der Waals surface area contributed by atoms with Crippen LogP contribution in [0.15, 0.2) is 51.8 Å². The van der Waals surface area contributed by atoms with Gasteiger partial charge >= 0.3 is 0 Å². The quantitative estimate of drug-likeness (QED) is 0.459. The largest absolute Gasteiger partial charge is 0.496 e. The Morgan fingerprint density at radius 1 is 1.23 bits per heavy atom. The second kappa shape index (κ2) is 8.24. The first-order valence-corrected chi connectivity index (χ1v) is 9.89. The van der Waals surface area contributed by atoms with E-state index in [9.17, 15) is 4.79 Å². The molecule has 0 unspecified atom stereocenters. The molecule has 0 bridgehead atoms. The summed E-state index contributed by atoms with van der Waals surface area (Å²) in [4.78, 5) is 15.0. The average molecular weight is 450 g/mol. The topological polar surface area (TPSA) is 38.8 Å². The first-order valence-electron chi connectivity index (χ1n) is 7.88. The van der Waals surface area contributed by atoms with Crippen molar-refractivity contribution in [2.45, 2.75) is 6.92 Å². The summed E-state index contributed by atoms with van der Waals surface area (Å²) in [5.74, 6) is 1.31. The van der Waals surface area contributed by atoms with E-state index in [0.717, 1.165) is 21.5 Å². The maximum atomic E-state index is 12.9. The highest BCUT2D eigenvalue weighted by Crippen LogP contribution is 2.38. The van der Waals surface area contributed by atoms with Gasteiger partial charge in [-0.2, -0.15) is 0 Å². The van der Waals surface area contributed by atoms with E-state index in [2.05, 4.69) is 15.9 Å². The molecule has 134 valence electrons. The van der Waals surface area contributed by atoms with Gasteiger partial charge in [0.05, 0.1) is 24.3 Å². The summed E-state index contributed by atoms with van der Waals surface area (Å²) in [6, 6.07) is 13.0. The van der Waals surface area contributed by atoms with Gasteiger partial charge in [-0.15, -0.1) is 0 Å². The van der Waals surface area contributed by atoms with Crippen molar-refractivity contribution in [2.24, 2.45) is 0 Å². The standard InChI is InChI=1S/C19H16BrNO3S2/c1-3-24-15-7-5-14(6-8-15)21-18(22)17(26-19(21)25)11-12-10-13(20)4-9-16(12)23-2/h4-11H,3H2,1-2H3/b17-11+. The molecular weight excluding hydrogens is 434 g/mol. The Kier molecular flexibility index (Phi) is 6.01. The SMILES string of the molecule is CCOc1ccc(N2C(=O)/C(=C\c3cc(Br)ccc3OC)SC2=S)cc1. The van der Waals surface area contributed by atoms with Gasteiger partial charge in [-0.05, 0) is 55.5 Å². The number of halogens is 1. The summed E-state index contributed by atoms with van der Waals surface area (Å²) in [5.41, 5.74) is 1.54. The van der Waals surface area contributed by atoms with Crippen LogP contribution in [0.5, 0.6) is 11.5 Å². The van der Waals surface area contributed by atoms with Crippen molar-refractivity contribution in [2.75, 3.05) is 18.6 Å². The number of carbonyl (C=O) groups is 1. The summed E-state index contributed by atoms with van der Waals surface area (Å²) in [6.07, 6.45) is 1.80. The monoisotopic (exact) mass is 449 g/mol. The van der Waals surface area contributed by atoms with Crippen LogP contribution in [-0.4, -0.2) is 23.9 Å². The molecule has 1 aliphatic rings. The zero-order chi connectivity index (χ0) is 18.7. The molecule has 2 aromatic carbocycles. The highest BCUT2D eigenvalue weighted by molar-refractivity contribution is 9.10. The van der Waals surface area contributed by atoms with E-state index in [1.54, 1.807) is 13.2 Å². The Hall–Kier alpha value is -1.83. The normalized spacial score (nSPS) is 15.7. The van der Waals surface area contributed by atoms with E-state index in [1.165, 1.54) is 16.7 Å². The number of thiocarbonyl (C=S) groups is 1. The molecule has 0 spiro atoms. The molecule has 26 heavy (non-hydrogen) atoms. The molecule has 4 nitrogen and oxygen atoms in total. The Morgan fingerprint density at radius 2 is 1.96 bits per heavy atom. The number of rotatable bonds is 5. The van der Waals surface area contributed by atoms with Crippen LogP contribution in [0.3, 0.4) is 0 Å². The number of benzene rings is 2. The van der Waals surface area contributed by atoms with Gasteiger partial charge in [-0.3, -0.25) is 9.69 Å². The minimum Gasteiger partial charge on any atom is -0.496 e. The Bertz CT molecular complexity index is 881. The molecule has 1 heterocycles. The van der Waals surface area contributed by atoms with Gasteiger partial charge < -0.3 is 9.47 Å². The maximum absolute atomic E-state index is 12.9. The molecule has 1 amide bonds. The lowest BCUT2D eigenvalue weighted by Crippen LogP contribution is -2.27. The number of hydrogen-bond acceptors (Lipinski definition) is 5. The van der Waals surface area contributed by atoms with Crippen LogP contribution < -0.4 is 14.4 Å². The van der Waals surface area contributed by atoms with Gasteiger partial charge in [-0.1, -0.05) is 39.9 Å².